The summed E-state index contributed by atoms with van der Waals surface area (Å²) >= 11 is 0. The molecule has 0 fully saturated rings. The molecule has 11 heavy (non-hydrogen) atoms. The van der Waals surface area contributed by atoms with E-state index in [1.54, 1.807) is 0 Å². The Morgan fingerprint density at radius 2 is 2.45 bits per heavy atom. The lowest BCUT2D eigenvalue weighted by molar-refractivity contribution is 0.0142. The van der Waals surface area contributed by atoms with Crippen LogP contribution in [0, 0.1) is 6.20 Å². The van der Waals surface area contributed by atoms with E-state index in [9.17, 15) is 0 Å². The van der Waals surface area contributed by atoms with Gasteiger partial charge in [-0.1, -0.05) is 12.2 Å². The first-order chi connectivity index (χ1) is 5.29. The fourth-order valence-electron chi connectivity index (χ4n) is 0.786. The lowest BCUT2D eigenvalue weighted by Gasteiger charge is -2.20. The van der Waals surface area contributed by atoms with E-state index >= 15 is 0 Å². The molecule has 0 aromatic heterocycles. The van der Waals surface area contributed by atoms with Crippen molar-refractivity contribution in [1.29, 1.82) is 0 Å². The molecule has 0 atom stereocenters. The zero-order chi connectivity index (χ0) is 8.10. The standard InChI is InChI=1S/C9H14NO/c1-9(2)11-8-10-6-4-3-5-7-10/h3-5,9H,6,8H2,1-2H3. The molecule has 0 unspecified atom stereocenters. The van der Waals surface area contributed by atoms with Crippen LogP contribution < -0.4 is 0 Å². The molecule has 2 nitrogen and oxygen atoms in total. The van der Waals surface area contributed by atoms with Crippen molar-refractivity contribution in [3.05, 3.63) is 24.4 Å². The lowest BCUT2D eigenvalue weighted by Crippen LogP contribution is -2.24. The minimum atomic E-state index is 0.294. The van der Waals surface area contributed by atoms with Crippen LogP contribution in [0.2, 0.25) is 0 Å². The Bertz CT molecular complexity index is 161. The SMILES string of the molecule is CC(C)OCN1[C]=CC=CC1. The normalized spacial score (nSPS) is 16.5. The molecule has 1 heterocycles. The molecule has 0 aromatic rings. The van der Waals surface area contributed by atoms with E-state index in [2.05, 4.69) is 12.3 Å². The van der Waals surface area contributed by atoms with Gasteiger partial charge in [0.2, 0.25) is 0 Å². The topological polar surface area (TPSA) is 12.5 Å². The molecule has 1 aliphatic heterocycles. The van der Waals surface area contributed by atoms with Crippen LogP contribution in [-0.4, -0.2) is 24.3 Å². The van der Waals surface area contributed by atoms with Gasteiger partial charge in [0.1, 0.15) is 6.73 Å². The Morgan fingerprint density at radius 3 is 3.00 bits per heavy atom. The minimum absolute atomic E-state index is 0.294. The summed E-state index contributed by atoms with van der Waals surface area (Å²) in [6.45, 7) is 5.61. The number of allylic oxidation sites excluding steroid dienone is 2. The molecule has 0 aromatic carbocycles. The summed E-state index contributed by atoms with van der Waals surface area (Å²) in [7, 11) is 0. The van der Waals surface area contributed by atoms with Gasteiger partial charge in [0, 0.05) is 6.54 Å². The Hall–Kier alpha value is -0.760. The van der Waals surface area contributed by atoms with Gasteiger partial charge in [-0.15, -0.1) is 0 Å². The zero-order valence-electron chi connectivity index (χ0n) is 7.08. The molecule has 1 radical (unpaired) electrons. The fraction of sp³-hybridized carbons (Fsp3) is 0.556. The molecule has 0 saturated heterocycles. The van der Waals surface area contributed by atoms with Crippen LogP contribution in [0.4, 0.5) is 0 Å². The fourth-order valence-corrected chi connectivity index (χ4v) is 0.786. The predicted molar refractivity (Wildman–Crippen MR) is 44.7 cm³/mol. The van der Waals surface area contributed by atoms with Crippen molar-refractivity contribution in [3.63, 3.8) is 0 Å². The van der Waals surface area contributed by atoms with Crippen molar-refractivity contribution < 1.29 is 4.74 Å². The monoisotopic (exact) mass is 152 g/mol. The predicted octanol–water partition coefficient (Wildman–Crippen LogP) is 1.56. The first-order valence-electron chi connectivity index (χ1n) is 3.90. The van der Waals surface area contributed by atoms with E-state index in [0.29, 0.717) is 12.8 Å². The molecule has 0 amide bonds. The molecule has 1 rings (SSSR count). The number of hydrogen-bond acceptors (Lipinski definition) is 2. The number of nitrogens with zero attached hydrogens (tertiary/aromatic N) is 1. The highest BCUT2D eigenvalue weighted by Gasteiger charge is 2.00. The highest BCUT2D eigenvalue weighted by atomic mass is 16.5. The van der Waals surface area contributed by atoms with Gasteiger partial charge in [0.25, 0.3) is 0 Å². The van der Waals surface area contributed by atoms with Crippen LogP contribution in [0.1, 0.15) is 13.8 Å². The second kappa shape index (κ2) is 4.19. The Kier molecular flexibility index (Phi) is 3.17. The maximum absolute atomic E-state index is 5.39. The second-order valence-electron chi connectivity index (χ2n) is 2.79. The molecular formula is C9H14NO. The minimum Gasteiger partial charge on any atom is -0.358 e. The van der Waals surface area contributed by atoms with Crippen molar-refractivity contribution in [2.75, 3.05) is 13.3 Å². The highest BCUT2D eigenvalue weighted by molar-refractivity contribution is 5.04. The molecule has 1 aliphatic rings. The van der Waals surface area contributed by atoms with Gasteiger partial charge in [-0.05, 0) is 19.9 Å². The third kappa shape index (κ3) is 3.23. The lowest BCUT2D eigenvalue weighted by atomic mass is 10.4. The Balaban J connectivity index is 2.17. The summed E-state index contributed by atoms with van der Waals surface area (Å²) in [5.74, 6) is 0. The van der Waals surface area contributed by atoms with Gasteiger partial charge < -0.3 is 9.64 Å². The number of hydrogen-bond donors (Lipinski definition) is 0. The average molecular weight is 152 g/mol. The van der Waals surface area contributed by atoms with E-state index in [4.69, 9.17) is 4.74 Å². The molecule has 0 N–H and O–H groups in total. The maximum Gasteiger partial charge on any atom is 0.119 e. The van der Waals surface area contributed by atoms with E-state index in [1.807, 2.05) is 30.9 Å². The van der Waals surface area contributed by atoms with Crippen LogP contribution in [0.3, 0.4) is 0 Å². The third-order valence-electron chi connectivity index (χ3n) is 1.38. The highest BCUT2D eigenvalue weighted by Crippen LogP contribution is 1.98. The van der Waals surface area contributed by atoms with Gasteiger partial charge in [-0.3, -0.25) is 0 Å². The Labute approximate surface area is 68.1 Å². The van der Waals surface area contributed by atoms with Crippen molar-refractivity contribution in [3.8, 4) is 0 Å². The first kappa shape index (κ1) is 8.34. The van der Waals surface area contributed by atoms with Crippen LogP contribution in [0.15, 0.2) is 18.2 Å². The van der Waals surface area contributed by atoms with Crippen LogP contribution in [0.25, 0.3) is 0 Å². The number of rotatable bonds is 3. The van der Waals surface area contributed by atoms with Gasteiger partial charge in [-0.2, -0.15) is 0 Å². The van der Waals surface area contributed by atoms with Crippen molar-refractivity contribution in [2.45, 2.75) is 20.0 Å². The summed E-state index contributed by atoms with van der Waals surface area (Å²) in [6.07, 6.45) is 9.34. The van der Waals surface area contributed by atoms with Gasteiger partial charge in [0.05, 0.1) is 12.3 Å². The van der Waals surface area contributed by atoms with Crippen molar-refractivity contribution >= 4 is 0 Å². The summed E-state index contributed by atoms with van der Waals surface area (Å²) < 4.78 is 5.39. The van der Waals surface area contributed by atoms with Gasteiger partial charge >= 0.3 is 0 Å². The summed E-state index contributed by atoms with van der Waals surface area (Å²) in [6, 6.07) is 0. The van der Waals surface area contributed by atoms with Gasteiger partial charge in [0.15, 0.2) is 0 Å². The summed E-state index contributed by atoms with van der Waals surface area (Å²) in [4.78, 5) is 2.00. The summed E-state index contributed by atoms with van der Waals surface area (Å²) in [5.41, 5.74) is 0. The van der Waals surface area contributed by atoms with Gasteiger partial charge in [-0.25, -0.2) is 0 Å². The van der Waals surface area contributed by atoms with Crippen molar-refractivity contribution in [1.82, 2.24) is 4.90 Å². The van der Waals surface area contributed by atoms with E-state index in [1.165, 1.54) is 0 Å². The zero-order valence-corrected chi connectivity index (χ0v) is 7.08. The molecule has 0 spiro atoms. The molecule has 0 aliphatic carbocycles. The molecule has 2 heteroatoms. The largest absolute Gasteiger partial charge is 0.358 e. The average Bonchev–Trinajstić information content (AvgIpc) is 2.03. The van der Waals surface area contributed by atoms with E-state index < -0.39 is 0 Å². The molecular weight excluding hydrogens is 138 g/mol. The molecule has 61 valence electrons. The van der Waals surface area contributed by atoms with E-state index in [-0.39, 0.29) is 0 Å². The quantitative estimate of drug-likeness (QED) is 0.608. The second-order valence-corrected chi connectivity index (χ2v) is 2.79. The molecule has 0 bridgehead atoms. The van der Waals surface area contributed by atoms with Crippen LogP contribution in [0.5, 0.6) is 0 Å². The van der Waals surface area contributed by atoms with E-state index in [0.717, 1.165) is 6.54 Å². The smallest absolute Gasteiger partial charge is 0.119 e. The first-order valence-corrected chi connectivity index (χ1v) is 3.90. The van der Waals surface area contributed by atoms with Crippen molar-refractivity contribution in [2.24, 2.45) is 0 Å². The third-order valence-corrected chi connectivity index (χ3v) is 1.38. The molecule has 0 saturated carbocycles. The maximum atomic E-state index is 5.39. The van der Waals surface area contributed by atoms with Crippen LogP contribution in [-0.2, 0) is 4.74 Å². The summed E-state index contributed by atoms with van der Waals surface area (Å²) in [5, 5.41) is 0. The van der Waals surface area contributed by atoms with Crippen LogP contribution >= 0.6 is 0 Å². The Morgan fingerprint density at radius 1 is 1.64 bits per heavy atom. The number of ether oxygens (including phenoxy) is 1.